The van der Waals surface area contributed by atoms with Crippen molar-refractivity contribution >= 4 is 16.5 Å². The van der Waals surface area contributed by atoms with Gasteiger partial charge in [-0.2, -0.15) is 0 Å². The SMILES string of the molecule is O=c1c2ccc(OCC3CCCO3)cc2ccn1-c1ccc(N2CCC(NCCCF)C2)c(F)c1. The third-order valence-corrected chi connectivity index (χ3v) is 6.82. The fraction of sp³-hybridized carbons (Fsp3) is 0.444. The summed E-state index contributed by atoms with van der Waals surface area (Å²) in [6, 6.07) is 12.4. The molecule has 2 saturated heterocycles. The second-order valence-electron chi connectivity index (χ2n) is 9.25. The van der Waals surface area contributed by atoms with Gasteiger partial charge in [-0.05, 0) is 74.0 Å². The molecule has 1 aromatic heterocycles. The maximum atomic E-state index is 15.1. The number of alkyl halides is 1. The van der Waals surface area contributed by atoms with Crippen molar-refractivity contribution in [2.45, 2.75) is 37.8 Å². The van der Waals surface area contributed by atoms with E-state index >= 15 is 4.39 Å². The lowest BCUT2D eigenvalue weighted by atomic mass is 10.1. The summed E-state index contributed by atoms with van der Waals surface area (Å²) in [5.41, 5.74) is 0.790. The Labute approximate surface area is 203 Å². The van der Waals surface area contributed by atoms with Crippen LogP contribution in [0.25, 0.3) is 16.5 Å². The van der Waals surface area contributed by atoms with Gasteiger partial charge in [0.1, 0.15) is 18.2 Å². The van der Waals surface area contributed by atoms with Gasteiger partial charge in [-0.25, -0.2) is 4.39 Å². The Hall–Kier alpha value is -2.97. The van der Waals surface area contributed by atoms with E-state index in [1.807, 2.05) is 17.0 Å². The summed E-state index contributed by atoms with van der Waals surface area (Å²) >= 11 is 0. The minimum atomic E-state index is -0.364. The molecule has 3 heterocycles. The van der Waals surface area contributed by atoms with Crippen LogP contribution in [0.2, 0.25) is 0 Å². The van der Waals surface area contributed by atoms with Crippen LogP contribution in [0.15, 0.2) is 53.5 Å². The fourth-order valence-corrected chi connectivity index (χ4v) is 4.90. The van der Waals surface area contributed by atoms with E-state index in [1.54, 1.807) is 30.5 Å². The molecule has 2 aliphatic rings. The maximum absolute atomic E-state index is 15.1. The number of hydrogen-bond donors (Lipinski definition) is 1. The Kier molecular flexibility index (Phi) is 7.29. The number of pyridine rings is 1. The first-order chi connectivity index (χ1) is 17.1. The van der Waals surface area contributed by atoms with Gasteiger partial charge in [-0.1, -0.05) is 0 Å². The number of benzene rings is 2. The van der Waals surface area contributed by atoms with Crippen molar-refractivity contribution in [3.8, 4) is 11.4 Å². The topological polar surface area (TPSA) is 55.7 Å². The molecular weight excluding hydrogens is 452 g/mol. The Morgan fingerprint density at radius 2 is 2.06 bits per heavy atom. The van der Waals surface area contributed by atoms with Crippen molar-refractivity contribution in [2.24, 2.45) is 0 Å². The van der Waals surface area contributed by atoms with E-state index in [4.69, 9.17) is 9.47 Å². The highest BCUT2D eigenvalue weighted by atomic mass is 19.1. The molecule has 1 N–H and O–H groups in total. The number of fused-ring (bicyclic) bond motifs is 1. The number of hydrogen-bond acceptors (Lipinski definition) is 5. The molecule has 0 amide bonds. The standard InChI is InChI=1S/C27H31F2N3O3/c28-10-2-11-30-20-9-12-31(17-20)26-7-4-21(16-25(26)29)32-13-8-19-15-22(5-6-24(19)27(32)33)35-18-23-3-1-14-34-23/h4-8,13,15-16,20,23,30H,1-3,9-12,14,17-18H2. The molecule has 8 heteroatoms. The van der Waals surface area contributed by atoms with Crippen LogP contribution in [-0.2, 0) is 4.74 Å². The van der Waals surface area contributed by atoms with Crippen molar-refractivity contribution in [3.63, 3.8) is 0 Å². The largest absolute Gasteiger partial charge is 0.491 e. The highest BCUT2D eigenvalue weighted by Crippen LogP contribution is 2.26. The normalized spacial score (nSPS) is 20.1. The molecule has 186 valence electrons. The molecule has 0 aliphatic carbocycles. The zero-order valence-corrected chi connectivity index (χ0v) is 19.7. The van der Waals surface area contributed by atoms with Crippen LogP contribution in [0.4, 0.5) is 14.5 Å². The van der Waals surface area contributed by atoms with E-state index in [9.17, 15) is 9.18 Å². The number of nitrogens with one attached hydrogen (secondary N) is 1. The molecule has 2 atom stereocenters. The van der Waals surface area contributed by atoms with Gasteiger partial charge in [0.05, 0.1) is 24.2 Å². The lowest BCUT2D eigenvalue weighted by Gasteiger charge is -2.20. The lowest BCUT2D eigenvalue weighted by Crippen LogP contribution is -2.33. The molecule has 3 aromatic rings. The third kappa shape index (κ3) is 5.33. The van der Waals surface area contributed by atoms with Crippen LogP contribution < -0.4 is 20.5 Å². The molecule has 2 aromatic carbocycles. The molecule has 0 bridgehead atoms. The highest BCUT2D eigenvalue weighted by Gasteiger charge is 2.24. The van der Waals surface area contributed by atoms with E-state index < -0.39 is 0 Å². The molecule has 2 unspecified atom stereocenters. The van der Waals surface area contributed by atoms with Gasteiger partial charge in [0.25, 0.3) is 5.56 Å². The molecule has 2 aliphatic heterocycles. The Morgan fingerprint density at radius 3 is 2.86 bits per heavy atom. The number of nitrogens with zero attached hydrogens (tertiary/aromatic N) is 2. The number of aromatic nitrogens is 1. The average Bonchev–Trinajstić information content (AvgIpc) is 3.55. The van der Waals surface area contributed by atoms with Gasteiger partial charge >= 0.3 is 0 Å². The Bertz CT molecular complexity index is 1230. The summed E-state index contributed by atoms with van der Waals surface area (Å²) in [6.45, 7) is 2.98. The van der Waals surface area contributed by atoms with Gasteiger partial charge in [0.2, 0.25) is 0 Å². The van der Waals surface area contributed by atoms with Crippen LogP contribution in [0.3, 0.4) is 0 Å². The van der Waals surface area contributed by atoms with Crippen molar-refractivity contribution in [3.05, 3.63) is 64.8 Å². The van der Waals surface area contributed by atoms with Gasteiger partial charge in [0.15, 0.2) is 0 Å². The zero-order chi connectivity index (χ0) is 24.2. The van der Waals surface area contributed by atoms with Crippen LogP contribution in [0.1, 0.15) is 25.7 Å². The highest BCUT2D eigenvalue weighted by molar-refractivity contribution is 5.83. The summed E-state index contributed by atoms with van der Waals surface area (Å²) in [5, 5.41) is 4.64. The van der Waals surface area contributed by atoms with E-state index in [2.05, 4.69) is 5.32 Å². The minimum Gasteiger partial charge on any atom is -0.491 e. The van der Waals surface area contributed by atoms with Crippen LogP contribution >= 0.6 is 0 Å². The van der Waals surface area contributed by atoms with Gasteiger partial charge in [-0.15, -0.1) is 0 Å². The summed E-state index contributed by atoms with van der Waals surface area (Å²) in [7, 11) is 0. The first-order valence-corrected chi connectivity index (χ1v) is 12.4. The molecule has 6 nitrogen and oxygen atoms in total. The zero-order valence-electron chi connectivity index (χ0n) is 19.7. The van der Waals surface area contributed by atoms with E-state index in [0.717, 1.165) is 37.8 Å². The van der Waals surface area contributed by atoms with Crippen molar-refractivity contribution in [2.75, 3.05) is 44.4 Å². The van der Waals surface area contributed by atoms with Crippen LogP contribution in [0, 0.1) is 5.82 Å². The third-order valence-electron chi connectivity index (χ3n) is 6.82. The van der Waals surface area contributed by atoms with Crippen LogP contribution in [0.5, 0.6) is 5.75 Å². The average molecular weight is 484 g/mol. The molecule has 35 heavy (non-hydrogen) atoms. The second-order valence-corrected chi connectivity index (χ2v) is 9.25. The molecule has 0 radical (unpaired) electrons. The number of anilines is 1. The first kappa shape index (κ1) is 23.8. The number of ether oxygens (including phenoxy) is 2. The van der Waals surface area contributed by atoms with Crippen molar-refractivity contribution in [1.29, 1.82) is 0 Å². The smallest absolute Gasteiger partial charge is 0.262 e. The molecule has 2 fully saturated rings. The second kappa shape index (κ2) is 10.7. The number of halogens is 2. The van der Waals surface area contributed by atoms with Crippen molar-refractivity contribution < 1.29 is 18.3 Å². The number of rotatable bonds is 9. The van der Waals surface area contributed by atoms with Crippen LogP contribution in [-0.4, -0.2) is 56.2 Å². The molecule has 0 saturated carbocycles. The minimum absolute atomic E-state index is 0.126. The Balaban J connectivity index is 1.30. The predicted octanol–water partition coefficient (Wildman–Crippen LogP) is 4.22. The van der Waals surface area contributed by atoms with Gasteiger partial charge in [0, 0.05) is 43.4 Å². The summed E-state index contributed by atoms with van der Waals surface area (Å²) < 4.78 is 40.3. The quantitative estimate of drug-likeness (QED) is 0.462. The maximum Gasteiger partial charge on any atom is 0.262 e. The predicted molar refractivity (Wildman–Crippen MR) is 133 cm³/mol. The first-order valence-electron chi connectivity index (χ1n) is 12.4. The van der Waals surface area contributed by atoms with E-state index in [1.165, 1.54) is 10.6 Å². The summed E-state index contributed by atoms with van der Waals surface area (Å²) in [5.74, 6) is 0.334. The summed E-state index contributed by atoms with van der Waals surface area (Å²) in [4.78, 5) is 15.2. The van der Waals surface area contributed by atoms with E-state index in [0.29, 0.717) is 48.6 Å². The van der Waals surface area contributed by atoms with Gasteiger partial charge in [-0.3, -0.25) is 13.8 Å². The monoisotopic (exact) mass is 483 g/mol. The van der Waals surface area contributed by atoms with Gasteiger partial charge < -0.3 is 19.7 Å². The molecule has 0 spiro atoms. The molecule has 5 rings (SSSR count). The lowest BCUT2D eigenvalue weighted by molar-refractivity contribution is 0.0680. The fourth-order valence-electron chi connectivity index (χ4n) is 4.90. The Morgan fingerprint density at radius 1 is 1.14 bits per heavy atom. The summed E-state index contributed by atoms with van der Waals surface area (Å²) in [6.07, 6.45) is 5.23. The molecular formula is C27H31F2N3O3. The van der Waals surface area contributed by atoms with Crippen molar-refractivity contribution in [1.82, 2.24) is 9.88 Å². The van der Waals surface area contributed by atoms with E-state index in [-0.39, 0.29) is 30.2 Å².